The van der Waals surface area contributed by atoms with E-state index in [9.17, 15) is 0 Å². The van der Waals surface area contributed by atoms with E-state index in [0.29, 0.717) is 12.1 Å². The zero-order valence-electron chi connectivity index (χ0n) is 9.75. The van der Waals surface area contributed by atoms with Crippen molar-refractivity contribution < 1.29 is 9.84 Å². The molecule has 2 N–H and O–H groups in total. The number of methoxy groups -OCH3 is 1. The van der Waals surface area contributed by atoms with E-state index >= 15 is 0 Å². The van der Waals surface area contributed by atoms with Crippen LogP contribution in [0.2, 0.25) is 0 Å². The second-order valence-electron chi connectivity index (χ2n) is 3.87. The fourth-order valence-corrected chi connectivity index (χ4v) is 1.55. The lowest BCUT2D eigenvalue weighted by atomic mass is 10.1. The fourth-order valence-electron chi connectivity index (χ4n) is 1.55. The second-order valence-corrected chi connectivity index (χ2v) is 3.87. The quantitative estimate of drug-likeness (QED) is 0.597. The maximum atomic E-state index is 8.78. The summed E-state index contributed by atoms with van der Waals surface area (Å²) in [5, 5.41) is 12.3. The summed E-state index contributed by atoms with van der Waals surface area (Å²) in [6.07, 6.45) is 4.41. The van der Waals surface area contributed by atoms with Gasteiger partial charge in [0.25, 0.3) is 0 Å². The van der Waals surface area contributed by atoms with E-state index in [0.717, 1.165) is 19.4 Å². The van der Waals surface area contributed by atoms with Crippen LogP contribution in [0.3, 0.4) is 0 Å². The zero-order chi connectivity index (χ0) is 10.8. The molecule has 86 valence electrons. The molecular formula is C11H25NO2. The summed E-state index contributed by atoms with van der Waals surface area (Å²) in [6.45, 7) is 5.31. The summed E-state index contributed by atoms with van der Waals surface area (Å²) in [6, 6.07) is 0.804. The van der Waals surface area contributed by atoms with Gasteiger partial charge in [-0.3, -0.25) is 0 Å². The number of aliphatic hydroxyl groups is 1. The molecule has 0 fully saturated rings. The molecule has 0 amide bonds. The Morgan fingerprint density at radius 3 is 2.57 bits per heavy atom. The fraction of sp³-hybridized carbons (Fsp3) is 1.00. The Kier molecular flexibility index (Phi) is 9.35. The van der Waals surface area contributed by atoms with Crippen LogP contribution in [-0.4, -0.2) is 37.5 Å². The van der Waals surface area contributed by atoms with Gasteiger partial charge in [-0.05, 0) is 19.8 Å². The van der Waals surface area contributed by atoms with Crippen LogP contribution < -0.4 is 5.32 Å². The SMILES string of the molecule is CCCCC(COC)N[C@H](C)CCO. The third-order valence-electron chi connectivity index (χ3n) is 2.36. The lowest BCUT2D eigenvalue weighted by molar-refractivity contribution is 0.152. The van der Waals surface area contributed by atoms with Gasteiger partial charge in [0.15, 0.2) is 0 Å². The average molecular weight is 203 g/mol. The highest BCUT2D eigenvalue weighted by Crippen LogP contribution is 2.03. The molecule has 0 aromatic carbocycles. The van der Waals surface area contributed by atoms with Crippen LogP contribution in [-0.2, 0) is 4.74 Å². The predicted molar refractivity (Wildman–Crippen MR) is 59.5 cm³/mol. The second kappa shape index (κ2) is 9.44. The molecule has 0 aliphatic rings. The van der Waals surface area contributed by atoms with Gasteiger partial charge in [0.05, 0.1) is 6.61 Å². The monoisotopic (exact) mass is 203 g/mol. The molecule has 0 aromatic heterocycles. The zero-order valence-corrected chi connectivity index (χ0v) is 9.75. The topological polar surface area (TPSA) is 41.5 Å². The molecule has 0 aliphatic carbocycles. The van der Waals surface area contributed by atoms with Crippen molar-refractivity contribution in [3.63, 3.8) is 0 Å². The lowest BCUT2D eigenvalue weighted by Crippen LogP contribution is -2.39. The van der Waals surface area contributed by atoms with Crippen LogP contribution in [0, 0.1) is 0 Å². The molecule has 0 heterocycles. The van der Waals surface area contributed by atoms with E-state index in [4.69, 9.17) is 9.84 Å². The van der Waals surface area contributed by atoms with Crippen molar-refractivity contribution in [3.05, 3.63) is 0 Å². The van der Waals surface area contributed by atoms with Crippen molar-refractivity contribution in [2.24, 2.45) is 0 Å². The van der Waals surface area contributed by atoms with Gasteiger partial charge in [-0.2, -0.15) is 0 Å². The number of hydrogen-bond acceptors (Lipinski definition) is 3. The van der Waals surface area contributed by atoms with Crippen LogP contribution in [0.1, 0.15) is 39.5 Å². The molecule has 0 aromatic rings. The molecular weight excluding hydrogens is 178 g/mol. The molecule has 0 bridgehead atoms. The number of rotatable bonds is 9. The van der Waals surface area contributed by atoms with E-state index < -0.39 is 0 Å². The summed E-state index contributed by atoms with van der Waals surface area (Å²) in [5.41, 5.74) is 0. The largest absolute Gasteiger partial charge is 0.396 e. The molecule has 0 saturated heterocycles. The van der Waals surface area contributed by atoms with E-state index in [-0.39, 0.29) is 6.61 Å². The molecule has 1 unspecified atom stereocenters. The van der Waals surface area contributed by atoms with Crippen LogP contribution in [0.15, 0.2) is 0 Å². The van der Waals surface area contributed by atoms with Crippen molar-refractivity contribution in [3.8, 4) is 0 Å². The van der Waals surface area contributed by atoms with E-state index in [1.54, 1.807) is 7.11 Å². The van der Waals surface area contributed by atoms with Crippen molar-refractivity contribution in [2.75, 3.05) is 20.3 Å². The molecule has 3 heteroatoms. The first kappa shape index (κ1) is 13.9. The summed E-state index contributed by atoms with van der Waals surface area (Å²) < 4.78 is 5.16. The van der Waals surface area contributed by atoms with Crippen molar-refractivity contribution in [1.29, 1.82) is 0 Å². The van der Waals surface area contributed by atoms with Gasteiger partial charge >= 0.3 is 0 Å². The predicted octanol–water partition coefficient (Wildman–Crippen LogP) is 1.55. The normalized spacial score (nSPS) is 15.4. The Morgan fingerprint density at radius 2 is 2.07 bits per heavy atom. The number of ether oxygens (including phenoxy) is 1. The highest BCUT2D eigenvalue weighted by atomic mass is 16.5. The summed E-state index contributed by atoms with van der Waals surface area (Å²) in [4.78, 5) is 0. The number of aliphatic hydroxyl groups excluding tert-OH is 1. The van der Waals surface area contributed by atoms with Gasteiger partial charge in [0.1, 0.15) is 0 Å². The Labute approximate surface area is 87.8 Å². The minimum absolute atomic E-state index is 0.252. The number of nitrogens with one attached hydrogen (secondary N) is 1. The first-order valence-corrected chi connectivity index (χ1v) is 5.60. The Hall–Kier alpha value is -0.120. The summed E-state index contributed by atoms with van der Waals surface area (Å²) in [5.74, 6) is 0. The minimum Gasteiger partial charge on any atom is -0.396 e. The minimum atomic E-state index is 0.252. The maximum absolute atomic E-state index is 8.78. The number of unbranched alkanes of at least 4 members (excludes halogenated alkanes) is 1. The Morgan fingerprint density at radius 1 is 1.36 bits per heavy atom. The van der Waals surface area contributed by atoms with Gasteiger partial charge in [-0.1, -0.05) is 19.8 Å². The molecule has 0 radical (unpaired) electrons. The van der Waals surface area contributed by atoms with Crippen molar-refractivity contribution in [2.45, 2.75) is 51.6 Å². The maximum Gasteiger partial charge on any atom is 0.0615 e. The molecule has 3 nitrogen and oxygen atoms in total. The van der Waals surface area contributed by atoms with E-state index in [1.807, 2.05) is 0 Å². The standard InChI is InChI=1S/C11H25NO2/c1-4-5-6-11(9-14-3)12-10(2)7-8-13/h10-13H,4-9H2,1-3H3/t10-,11?/m1/s1. The molecule has 0 aliphatic heterocycles. The first-order chi connectivity index (χ1) is 6.74. The van der Waals surface area contributed by atoms with Gasteiger partial charge in [0.2, 0.25) is 0 Å². The molecule has 2 atom stereocenters. The average Bonchev–Trinajstić information content (AvgIpc) is 2.15. The van der Waals surface area contributed by atoms with Crippen LogP contribution >= 0.6 is 0 Å². The van der Waals surface area contributed by atoms with Crippen LogP contribution in [0.5, 0.6) is 0 Å². The summed E-state index contributed by atoms with van der Waals surface area (Å²) in [7, 11) is 1.73. The number of hydrogen-bond donors (Lipinski definition) is 2. The molecule has 0 saturated carbocycles. The van der Waals surface area contributed by atoms with Crippen LogP contribution in [0.4, 0.5) is 0 Å². The van der Waals surface area contributed by atoms with Gasteiger partial charge in [0, 0.05) is 25.8 Å². The smallest absolute Gasteiger partial charge is 0.0615 e. The molecule has 14 heavy (non-hydrogen) atoms. The Balaban J connectivity index is 3.69. The molecule has 0 rings (SSSR count). The van der Waals surface area contributed by atoms with Crippen LogP contribution in [0.25, 0.3) is 0 Å². The Bertz CT molecular complexity index is 120. The lowest BCUT2D eigenvalue weighted by Gasteiger charge is -2.22. The van der Waals surface area contributed by atoms with E-state index in [1.165, 1.54) is 12.8 Å². The van der Waals surface area contributed by atoms with E-state index in [2.05, 4.69) is 19.2 Å². The highest BCUT2D eigenvalue weighted by molar-refractivity contribution is 4.70. The van der Waals surface area contributed by atoms with Gasteiger partial charge in [-0.25, -0.2) is 0 Å². The third-order valence-corrected chi connectivity index (χ3v) is 2.36. The van der Waals surface area contributed by atoms with Gasteiger partial charge in [-0.15, -0.1) is 0 Å². The third kappa shape index (κ3) is 7.30. The summed E-state index contributed by atoms with van der Waals surface area (Å²) >= 11 is 0. The first-order valence-electron chi connectivity index (χ1n) is 5.60. The molecule has 0 spiro atoms. The van der Waals surface area contributed by atoms with Gasteiger partial charge < -0.3 is 15.2 Å². The van der Waals surface area contributed by atoms with Crippen molar-refractivity contribution in [1.82, 2.24) is 5.32 Å². The highest BCUT2D eigenvalue weighted by Gasteiger charge is 2.10. The van der Waals surface area contributed by atoms with Crippen molar-refractivity contribution >= 4 is 0 Å².